The molecule has 112 valence electrons. The summed E-state index contributed by atoms with van der Waals surface area (Å²) >= 11 is 1.59. The molecule has 0 N–H and O–H groups in total. The van der Waals surface area contributed by atoms with Crippen LogP contribution >= 0.6 is 11.8 Å². The van der Waals surface area contributed by atoms with Crippen LogP contribution in [0.5, 0.6) is 0 Å². The van der Waals surface area contributed by atoms with E-state index in [1.165, 1.54) is 12.8 Å². The lowest BCUT2D eigenvalue weighted by Gasteiger charge is -2.10. The molecule has 0 aliphatic heterocycles. The first-order chi connectivity index (χ1) is 10.7. The quantitative estimate of drug-likeness (QED) is 0.685. The highest BCUT2D eigenvalue weighted by Gasteiger charge is 2.30. The number of benzene rings is 1. The fourth-order valence-corrected chi connectivity index (χ4v) is 3.55. The second-order valence-corrected chi connectivity index (χ2v) is 6.85. The van der Waals surface area contributed by atoms with Gasteiger partial charge >= 0.3 is 0 Å². The molecule has 1 saturated carbocycles. The van der Waals surface area contributed by atoms with Gasteiger partial charge in [-0.1, -0.05) is 32.0 Å². The van der Waals surface area contributed by atoms with Crippen molar-refractivity contribution in [2.45, 2.75) is 48.8 Å². The summed E-state index contributed by atoms with van der Waals surface area (Å²) in [5.41, 5.74) is 0.960. The van der Waals surface area contributed by atoms with Crippen molar-refractivity contribution in [1.29, 1.82) is 0 Å². The van der Waals surface area contributed by atoms with Crippen molar-refractivity contribution < 1.29 is 0 Å². The monoisotopic (exact) mass is 311 g/mol. The first-order valence-electron chi connectivity index (χ1n) is 7.56. The molecule has 0 unspecified atom stereocenters. The van der Waals surface area contributed by atoms with E-state index in [9.17, 15) is 0 Å². The van der Waals surface area contributed by atoms with Crippen molar-refractivity contribution in [3.63, 3.8) is 0 Å². The van der Waals surface area contributed by atoms with Gasteiger partial charge < -0.3 is 4.57 Å². The third-order valence-electron chi connectivity index (χ3n) is 3.81. The molecule has 5 nitrogen and oxygen atoms in total. The van der Waals surface area contributed by atoms with Crippen molar-refractivity contribution in [3.8, 4) is 0 Å². The highest BCUT2D eigenvalue weighted by atomic mass is 32.2. The topological polar surface area (TPSA) is 56.5 Å². The van der Waals surface area contributed by atoms with Gasteiger partial charge in [-0.15, -0.1) is 10.2 Å². The van der Waals surface area contributed by atoms with Crippen molar-refractivity contribution in [3.05, 3.63) is 36.4 Å². The summed E-state index contributed by atoms with van der Waals surface area (Å²) in [5.74, 6) is 1.45. The van der Waals surface area contributed by atoms with Gasteiger partial charge in [-0.25, -0.2) is 9.97 Å². The van der Waals surface area contributed by atoms with Crippen LogP contribution in [0.25, 0.3) is 10.9 Å². The van der Waals surface area contributed by atoms with Gasteiger partial charge in [-0.05, 0) is 30.7 Å². The summed E-state index contributed by atoms with van der Waals surface area (Å²) in [6, 6.07) is 8.63. The zero-order valence-corrected chi connectivity index (χ0v) is 13.4. The van der Waals surface area contributed by atoms with Crippen molar-refractivity contribution in [1.82, 2.24) is 24.7 Å². The molecule has 0 spiro atoms. The summed E-state index contributed by atoms with van der Waals surface area (Å²) in [6.07, 6.45) is 4.05. The predicted molar refractivity (Wildman–Crippen MR) is 86.0 cm³/mol. The lowest BCUT2D eigenvalue weighted by atomic mass is 10.2. The van der Waals surface area contributed by atoms with E-state index < -0.39 is 0 Å². The SMILES string of the molecule is CC(C)c1nnc(Sc2ncnc3ccccc23)n1C1CC1. The molecule has 0 bridgehead atoms. The maximum atomic E-state index is 4.45. The lowest BCUT2D eigenvalue weighted by Crippen LogP contribution is -2.04. The minimum atomic E-state index is 0.379. The fraction of sp³-hybridized carbons (Fsp3) is 0.375. The number of hydrogen-bond acceptors (Lipinski definition) is 5. The van der Waals surface area contributed by atoms with Gasteiger partial charge in [0.25, 0.3) is 0 Å². The Morgan fingerprint density at radius 3 is 2.73 bits per heavy atom. The van der Waals surface area contributed by atoms with Crippen LogP contribution in [-0.4, -0.2) is 24.7 Å². The van der Waals surface area contributed by atoms with E-state index in [0.717, 1.165) is 26.9 Å². The van der Waals surface area contributed by atoms with Gasteiger partial charge in [-0.2, -0.15) is 0 Å². The van der Waals surface area contributed by atoms with E-state index in [-0.39, 0.29) is 0 Å². The number of para-hydroxylation sites is 1. The molecule has 1 fully saturated rings. The third-order valence-corrected chi connectivity index (χ3v) is 4.79. The van der Waals surface area contributed by atoms with E-state index in [0.29, 0.717) is 12.0 Å². The van der Waals surface area contributed by atoms with Gasteiger partial charge in [0.2, 0.25) is 0 Å². The van der Waals surface area contributed by atoms with Crippen molar-refractivity contribution in [2.24, 2.45) is 0 Å². The molecular weight excluding hydrogens is 294 g/mol. The zero-order chi connectivity index (χ0) is 15.1. The Hall–Kier alpha value is -1.95. The Kier molecular flexibility index (Phi) is 3.33. The summed E-state index contributed by atoms with van der Waals surface area (Å²) in [6.45, 7) is 4.33. The largest absolute Gasteiger partial charge is 0.302 e. The first kappa shape index (κ1) is 13.7. The Balaban J connectivity index is 1.77. The van der Waals surface area contributed by atoms with Crippen LogP contribution in [0.15, 0.2) is 40.8 Å². The molecule has 2 heterocycles. The van der Waals surface area contributed by atoms with E-state index in [1.807, 2.05) is 18.2 Å². The maximum Gasteiger partial charge on any atom is 0.197 e. The standard InChI is InChI=1S/C16H17N5S/c1-10(2)14-19-20-16(21(14)11-7-8-11)22-15-12-5-3-4-6-13(12)17-9-18-15/h3-6,9-11H,7-8H2,1-2H3. The van der Waals surface area contributed by atoms with Gasteiger partial charge in [0.1, 0.15) is 17.2 Å². The molecule has 6 heteroatoms. The average Bonchev–Trinajstić information content (AvgIpc) is 3.28. The molecule has 3 aromatic rings. The van der Waals surface area contributed by atoms with Gasteiger partial charge in [0, 0.05) is 17.3 Å². The number of aromatic nitrogens is 5. The van der Waals surface area contributed by atoms with Crippen LogP contribution in [0.2, 0.25) is 0 Å². The smallest absolute Gasteiger partial charge is 0.197 e. The van der Waals surface area contributed by atoms with Crippen molar-refractivity contribution in [2.75, 3.05) is 0 Å². The molecule has 2 aromatic heterocycles. The molecule has 22 heavy (non-hydrogen) atoms. The summed E-state index contributed by atoms with van der Waals surface area (Å²) in [7, 11) is 0. The molecule has 0 atom stereocenters. The molecular formula is C16H17N5S. The molecule has 0 amide bonds. The van der Waals surface area contributed by atoms with Crippen LogP contribution in [0, 0.1) is 0 Å². The van der Waals surface area contributed by atoms with Crippen LogP contribution in [0.4, 0.5) is 0 Å². The minimum Gasteiger partial charge on any atom is -0.302 e. The van der Waals surface area contributed by atoms with Crippen LogP contribution in [-0.2, 0) is 0 Å². The molecule has 4 rings (SSSR count). The normalized spacial score (nSPS) is 14.9. The number of nitrogens with zero attached hydrogens (tertiary/aromatic N) is 5. The number of hydrogen-bond donors (Lipinski definition) is 0. The van der Waals surface area contributed by atoms with E-state index in [2.05, 4.69) is 44.6 Å². The highest BCUT2D eigenvalue weighted by Crippen LogP contribution is 2.41. The Bertz CT molecular complexity index is 817. The van der Waals surface area contributed by atoms with Gasteiger partial charge in [0.15, 0.2) is 5.16 Å². The number of rotatable bonds is 4. The molecule has 0 saturated heterocycles. The Labute approximate surface area is 133 Å². The number of fused-ring (bicyclic) bond motifs is 1. The Morgan fingerprint density at radius 2 is 1.95 bits per heavy atom. The summed E-state index contributed by atoms with van der Waals surface area (Å²) in [4.78, 5) is 8.77. The second-order valence-electron chi connectivity index (χ2n) is 5.89. The lowest BCUT2D eigenvalue weighted by molar-refractivity contribution is 0.599. The fourth-order valence-electron chi connectivity index (χ4n) is 2.58. The van der Waals surface area contributed by atoms with E-state index in [1.54, 1.807) is 18.1 Å². The van der Waals surface area contributed by atoms with E-state index in [4.69, 9.17) is 0 Å². The van der Waals surface area contributed by atoms with Crippen LogP contribution in [0.1, 0.15) is 44.5 Å². The molecule has 0 radical (unpaired) electrons. The zero-order valence-electron chi connectivity index (χ0n) is 12.6. The Morgan fingerprint density at radius 1 is 1.14 bits per heavy atom. The molecule has 1 aliphatic rings. The average molecular weight is 311 g/mol. The molecule has 1 aliphatic carbocycles. The highest BCUT2D eigenvalue weighted by molar-refractivity contribution is 7.99. The third kappa shape index (κ3) is 2.37. The summed E-state index contributed by atoms with van der Waals surface area (Å²) < 4.78 is 2.30. The van der Waals surface area contributed by atoms with Crippen molar-refractivity contribution >= 4 is 22.7 Å². The van der Waals surface area contributed by atoms with Crippen LogP contribution < -0.4 is 0 Å². The van der Waals surface area contributed by atoms with Gasteiger partial charge in [-0.3, -0.25) is 0 Å². The molecule has 1 aromatic carbocycles. The van der Waals surface area contributed by atoms with Gasteiger partial charge in [0.05, 0.1) is 5.52 Å². The van der Waals surface area contributed by atoms with Crippen LogP contribution in [0.3, 0.4) is 0 Å². The first-order valence-corrected chi connectivity index (χ1v) is 8.38. The second kappa shape index (κ2) is 5.35. The maximum absolute atomic E-state index is 4.45. The summed E-state index contributed by atoms with van der Waals surface area (Å²) in [5, 5.41) is 11.8. The predicted octanol–water partition coefficient (Wildman–Crippen LogP) is 3.83. The van der Waals surface area contributed by atoms with E-state index >= 15 is 0 Å². The minimum absolute atomic E-state index is 0.379.